The third-order valence-corrected chi connectivity index (χ3v) is 2.73. The van der Waals surface area contributed by atoms with E-state index in [1.807, 2.05) is 0 Å². The first-order chi connectivity index (χ1) is 6.07. The molecule has 1 nitrogen and oxygen atoms in total. The molecular weight excluding hydrogens is 263 g/mol. The van der Waals surface area contributed by atoms with Crippen molar-refractivity contribution in [3.8, 4) is 0 Å². The van der Waals surface area contributed by atoms with Crippen molar-refractivity contribution in [2.45, 2.75) is 18.7 Å². The Morgan fingerprint density at radius 3 is 2.69 bits per heavy atom. The van der Waals surface area contributed by atoms with Crippen LogP contribution in [0.25, 0.3) is 0 Å². The zero-order chi connectivity index (χ0) is 10.0. The normalized spacial score (nSPS) is 10.9. The maximum atomic E-state index is 12.5. The summed E-state index contributed by atoms with van der Waals surface area (Å²) in [4.78, 5) is 3.84. The predicted octanol–water partition coefficient (Wildman–Crippen LogP) is 3.88. The zero-order valence-electron chi connectivity index (χ0n) is 6.82. The molecule has 0 aromatic carbocycles. The van der Waals surface area contributed by atoms with Crippen molar-refractivity contribution in [1.82, 2.24) is 4.98 Å². The summed E-state index contributed by atoms with van der Waals surface area (Å²) in [6.07, 6.45) is -1.07. The highest BCUT2D eigenvalue weighted by atomic mass is 79.9. The van der Waals surface area contributed by atoms with Gasteiger partial charge in [-0.2, -0.15) is 0 Å². The quantitative estimate of drug-likeness (QED) is 0.743. The third-order valence-electron chi connectivity index (χ3n) is 1.68. The van der Waals surface area contributed by atoms with Crippen LogP contribution in [0.4, 0.5) is 8.78 Å². The lowest BCUT2D eigenvalue weighted by Crippen LogP contribution is -1.97. The average Bonchev–Trinajstić information content (AvgIpc) is 2.04. The van der Waals surface area contributed by atoms with Gasteiger partial charge in [0.2, 0.25) is 0 Å². The molecule has 0 fully saturated rings. The van der Waals surface area contributed by atoms with Crippen molar-refractivity contribution in [2.75, 3.05) is 0 Å². The van der Waals surface area contributed by atoms with Gasteiger partial charge in [0, 0.05) is 22.8 Å². The number of nitrogens with zero attached hydrogens (tertiary/aromatic N) is 1. The Morgan fingerprint density at radius 2 is 2.23 bits per heavy atom. The average molecular weight is 271 g/mol. The van der Waals surface area contributed by atoms with Crippen molar-refractivity contribution >= 4 is 27.5 Å². The number of rotatable bonds is 2. The van der Waals surface area contributed by atoms with E-state index in [-0.39, 0.29) is 16.3 Å². The van der Waals surface area contributed by atoms with E-state index in [0.717, 1.165) is 0 Å². The largest absolute Gasteiger partial charge is 0.267 e. The minimum atomic E-state index is -2.57. The van der Waals surface area contributed by atoms with Gasteiger partial charge in [-0.25, -0.2) is 8.78 Å². The van der Waals surface area contributed by atoms with Crippen LogP contribution in [0.3, 0.4) is 0 Å². The van der Waals surface area contributed by atoms with Crippen molar-refractivity contribution in [1.29, 1.82) is 0 Å². The number of aromatic nitrogens is 1. The zero-order valence-corrected chi connectivity index (χ0v) is 9.16. The molecule has 1 rings (SSSR count). The maximum Gasteiger partial charge on any atom is 0.267 e. The number of halogens is 4. The van der Waals surface area contributed by atoms with Crippen molar-refractivity contribution < 1.29 is 8.78 Å². The molecule has 0 saturated heterocycles. The Balaban J connectivity index is 3.30. The topological polar surface area (TPSA) is 12.9 Å². The van der Waals surface area contributed by atoms with Crippen LogP contribution in [0.15, 0.2) is 6.20 Å². The number of alkyl halides is 3. The fourth-order valence-corrected chi connectivity index (χ4v) is 1.90. The van der Waals surface area contributed by atoms with Gasteiger partial charge in [0.15, 0.2) is 0 Å². The highest BCUT2D eigenvalue weighted by Gasteiger charge is 2.18. The lowest BCUT2D eigenvalue weighted by atomic mass is 10.1. The minimum absolute atomic E-state index is 0.111. The van der Waals surface area contributed by atoms with E-state index in [9.17, 15) is 8.78 Å². The first kappa shape index (κ1) is 10.9. The summed E-state index contributed by atoms with van der Waals surface area (Å²) >= 11 is 8.91. The molecule has 0 saturated carbocycles. The van der Waals surface area contributed by atoms with E-state index in [2.05, 4.69) is 20.9 Å². The molecule has 0 atom stereocenters. The van der Waals surface area contributed by atoms with E-state index in [1.165, 1.54) is 13.1 Å². The van der Waals surface area contributed by atoms with E-state index >= 15 is 0 Å². The van der Waals surface area contributed by atoms with E-state index < -0.39 is 6.43 Å². The summed E-state index contributed by atoms with van der Waals surface area (Å²) in [7, 11) is 0. The predicted molar refractivity (Wildman–Crippen MR) is 51.6 cm³/mol. The van der Waals surface area contributed by atoms with Gasteiger partial charge in [0.1, 0.15) is 0 Å². The van der Waals surface area contributed by atoms with Crippen LogP contribution in [0.5, 0.6) is 0 Å². The van der Waals surface area contributed by atoms with Gasteiger partial charge >= 0.3 is 0 Å². The van der Waals surface area contributed by atoms with Gasteiger partial charge in [-0.3, -0.25) is 4.98 Å². The summed E-state index contributed by atoms with van der Waals surface area (Å²) < 4.78 is 24.9. The highest BCUT2D eigenvalue weighted by molar-refractivity contribution is 9.08. The van der Waals surface area contributed by atoms with Gasteiger partial charge in [-0.05, 0) is 6.92 Å². The lowest BCUT2D eigenvalue weighted by Gasteiger charge is -2.08. The minimum Gasteiger partial charge on any atom is -0.261 e. The summed E-state index contributed by atoms with van der Waals surface area (Å²) in [5.41, 5.74) is 0.700. The second-order valence-corrected chi connectivity index (χ2v) is 3.47. The number of pyridine rings is 1. The van der Waals surface area contributed by atoms with Gasteiger partial charge in [0.25, 0.3) is 6.43 Å². The smallest absolute Gasteiger partial charge is 0.261 e. The highest BCUT2D eigenvalue weighted by Crippen LogP contribution is 2.32. The second kappa shape index (κ2) is 4.33. The van der Waals surface area contributed by atoms with Crippen molar-refractivity contribution in [3.63, 3.8) is 0 Å². The van der Waals surface area contributed by atoms with Crippen LogP contribution < -0.4 is 0 Å². The second-order valence-electron chi connectivity index (χ2n) is 2.53. The molecule has 0 aliphatic rings. The molecular formula is C8H7BrClF2N. The molecule has 0 unspecified atom stereocenters. The SMILES string of the molecule is Cc1ncc(CBr)c(Cl)c1C(F)F. The molecule has 72 valence electrons. The summed E-state index contributed by atoms with van der Waals surface area (Å²) in [5, 5.41) is 0.540. The van der Waals surface area contributed by atoms with Crippen LogP contribution in [-0.4, -0.2) is 4.98 Å². The number of hydrogen-bond donors (Lipinski definition) is 0. The molecule has 1 aromatic heterocycles. The van der Waals surface area contributed by atoms with Crippen molar-refractivity contribution in [3.05, 3.63) is 28.0 Å². The molecule has 1 aromatic rings. The molecule has 5 heteroatoms. The Bertz CT molecular complexity index is 317. The van der Waals surface area contributed by atoms with Gasteiger partial charge in [0.05, 0.1) is 10.6 Å². The Kier molecular flexibility index (Phi) is 3.62. The van der Waals surface area contributed by atoms with E-state index in [4.69, 9.17) is 11.6 Å². The monoisotopic (exact) mass is 269 g/mol. The van der Waals surface area contributed by atoms with Gasteiger partial charge in [-0.1, -0.05) is 27.5 Å². The molecule has 13 heavy (non-hydrogen) atoms. The lowest BCUT2D eigenvalue weighted by molar-refractivity contribution is 0.150. The number of hydrogen-bond acceptors (Lipinski definition) is 1. The molecule has 0 radical (unpaired) electrons. The molecule has 0 N–H and O–H groups in total. The molecule has 0 amide bonds. The summed E-state index contributed by atoms with van der Waals surface area (Å²) in [6.45, 7) is 1.52. The first-order valence-corrected chi connectivity index (χ1v) is 5.05. The summed E-state index contributed by atoms with van der Waals surface area (Å²) in [5.74, 6) is 0. The molecule has 0 spiro atoms. The summed E-state index contributed by atoms with van der Waals surface area (Å²) in [6, 6.07) is 0. The fourth-order valence-electron chi connectivity index (χ4n) is 0.980. The molecule has 0 aliphatic heterocycles. The van der Waals surface area contributed by atoms with Crippen LogP contribution in [-0.2, 0) is 5.33 Å². The van der Waals surface area contributed by atoms with Crippen LogP contribution in [0, 0.1) is 6.92 Å². The van der Waals surface area contributed by atoms with Crippen molar-refractivity contribution in [2.24, 2.45) is 0 Å². The Hall–Kier alpha value is -0.220. The van der Waals surface area contributed by atoms with Gasteiger partial charge in [-0.15, -0.1) is 0 Å². The standard InChI is InChI=1S/C8H7BrClF2N/c1-4-6(8(11)12)7(10)5(2-9)3-13-4/h3,8H,2H2,1H3. The van der Waals surface area contributed by atoms with E-state index in [0.29, 0.717) is 10.9 Å². The van der Waals surface area contributed by atoms with Crippen LogP contribution in [0.1, 0.15) is 23.2 Å². The molecule has 1 heterocycles. The maximum absolute atomic E-state index is 12.5. The molecule has 0 aliphatic carbocycles. The number of aryl methyl sites for hydroxylation is 1. The Morgan fingerprint density at radius 1 is 1.62 bits per heavy atom. The third kappa shape index (κ3) is 2.17. The van der Waals surface area contributed by atoms with Crippen LogP contribution in [0.2, 0.25) is 5.02 Å². The first-order valence-electron chi connectivity index (χ1n) is 3.56. The van der Waals surface area contributed by atoms with Gasteiger partial charge < -0.3 is 0 Å². The fraction of sp³-hybridized carbons (Fsp3) is 0.375. The Labute approximate surface area is 88.2 Å². The molecule has 0 bridgehead atoms. The van der Waals surface area contributed by atoms with Crippen LogP contribution >= 0.6 is 27.5 Å². The van der Waals surface area contributed by atoms with E-state index in [1.54, 1.807) is 0 Å².